The Morgan fingerprint density at radius 2 is 0.875 bits per heavy atom. The Balaban J connectivity index is 4.54. The molecule has 0 aromatic carbocycles. The van der Waals surface area contributed by atoms with Crippen LogP contribution in [0.4, 0.5) is 0 Å². The molecule has 0 fully saturated rings. The predicted molar refractivity (Wildman–Crippen MR) is 201 cm³/mol. The number of carbonyl (C=O) groups excluding carboxylic acids is 3. The van der Waals surface area contributed by atoms with Crippen molar-refractivity contribution in [1.82, 2.24) is 0 Å². The van der Waals surface area contributed by atoms with Gasteiger partial charge < -0.3 is 14.2 Å². The van der Waals surface area contributed by atoms with Crippen LogP contribution < -0.4 is 0 Å². The molecule has 6 nitrogen and oxygen atoms in total. The number of hydrogen-bond donors (Lipinski definition) is 0. The molecule has 0 radical (unpaired) electrons. The van der Waals surface area contributed by atoms with Gasteiger partial charge in [0.05, 0.1) is 6.42 Å². The van der Waals surface area contributed by atoms with Crippen LogP contribution in [0.1, 0.15) is 156 Å². The molecule has 0 saturated carbocycles. The molecule has 272 valence electrons. The summed E-state index contributed by atoms with van der Waals surface area (Å²) >= 11 is 0. The average Bonchev–Trinajstić information content (AvgIpc) is 3.08. The molecule has 0 aliphatic carbocycles. The second-order valence-electron chi connectivity index (χ2n) is 12.1. The maximum Gasteiger partial charge on any atom is 0.310 e. The lowest BCUT2D eigenvalue weighted by Crippen LogP contribution is -2.30. The second-order valence-corrected chi connectivity index (χ2v) is 12.1. The molecule has 0 heterocycles. The Hall–Kier alpha value is -3.15. The normalized spacial score (nSPS) is 12.8. The van der Waals surface area contributed by atoms with Crippen LogP contribution in [0.3, 0.4) is 0 Å². The van der Waals surface area contributed by atoms with Crippen molar-refractivity contribution >= 4 is 17.9 Å². The van der Waals surface area contributed by atoms with Crippen molar-refractivity contribution in [2.75, 3.05) is 13.2 Å². The summed E-state index contributed by atoms with van der Waals surface area (Å²) in [5, 5.41) is 0. The molecular weight excluding hydrogens is 600 g/mol. The summed E-state index contributed by atoms with van der Waals surface area (Å²) in [7, 11) is 0. The Morgan fingerprint density at radius 1 is 0.458 bits per heavy atom. The first-order valence-corrected chi connectivity index (χ1v) is 18.9. The van der Waals surface area contributed by atoms with Gasteiger partial charge in [-0.1, -0.05) is 145 Å². The van der Waals surface area contributed by atoms with Crippen molar-refractivity contribution in [1.29, 1.82) is 0 Å². The van der Waals surface area contributed by atoms with Crippen molar-refractivity contribution in [2.24, 2.45) is 0 Å². The Kier molecular flexibility index (Phi) is 34.3. The zero-order chi connectivity index (χ0) is 35.2. The van der Waals surface area contributed by atoms with E-state index in [0.29, 0.717) is 19.3 Å². The molecule has 0 aliphatic heterocycles. The first-order chi connectivity index (χ1) is 23.5. The molecular formula is C42H68O6. The molecule has 0 spiro atoms. The van der Waals surface area contributed by atoms with Crippen molar-refractivity contribution in [3.8, 4) is 0 Å². The molecule has 1 unspecified atom stereocenters. The van der Waals surface area contributed by atoms with Crippen LogP contribution in [0.5, 0.6) is 0 Å². The highest BCUT2D eigenvalue weighted by atomic mass is 16.6. The van der Waals surface area contributed by atoms with E-state index in [0.717, 1.165) is 70.6 Å². The molecule has 0 aliphatic rings. The van der Waals surface area contributed by atoms with Crippen molar-refractivity contribution < 1.29 is 28.6 Å². The van der Waals surface area contributed by atoms with E-state index in [9.17, 15) is 14.4 Å². The highest BCUT2D eigenvalue weighted by Crippen LogP contribution is 2.11. The molecule has 0 aromatic rings. The third kappa shape index (κ3) is 34.2. The van der Waals surface area contributed by atoms with E-state index in [-0.39, 0.29) is 31.6 Å². The monoisotopic (exact) mass is 669 g/mol. The summed E-state index contributed by atoms with van der Waals surface area (Å²) in [5.41, 5.74) is 0. The Labute approximate surface area is 293 Å². The SMILES string of the molecule is CC/C=C\C/C=C\C/C=C\CCCCC(=O)OCC(COC(=O)CCCCCCCCCCC)OC(=O)C/C=C\C/C=C\C/C=C\CC. The van der Waals surface area contributed by atoms with Crippen LogP contribution in [0.25, 0.3) is 0 Å². The van der Waals surface area contributed by atoms with Gasteiger partial charge in [-0.2, -0.15) is 0 Å². The van der Waals surface area contributed by atoms with Gasteiger partial charge >= 0.3 is 17.9 Å². The molecule has 6 heteroatoms. The van der Waals surface area contributed by atoms with Gasteiger partial charge in [-0.15, -0.1) is 0 Å². The number of unbranched alkanes of at least 4 members (excludes halogenated alkanes) is 10. The Bertz CT molecular complexity index is 955. The largest absolute Gasteiger partial charge is 0.462 e. The summed E-state index contributed by atoms with van der Waals surface area (Å²) in [6, 6.07) is 0. The number of esters is 3. The van der Waals surface area contributed by atoms with Crippen LogP contribution in [0, 0.1) is 0 Å². The fourth-order valence-electron chi connectivity index (χ4n) is 4.69. The molecule has 48 heavy (non-hydrogen) atoms. The van der Waals surface area contributed by atoms with Crippen molar-refractivity contribution in [3.05, 3.63) is 72.9 Å². The number of carbonyl (C=O) groups is 3. The minimum atomic E-state index is -0.833. The minimum absolute atomic E-state index is 0.0969. The first kappa shape index (κ1) is 44.9. The molecule has 0 bridgehead atoms. The third-order valence-corrected chi connectivity index (χ3v) is 7.49. The highest BCUT2D eigenvalue weighted by molar-refractivity contribution is 5.72. The number of ether oxygens (including phenoxy) is 3. The van der Waals surface area contributed by atoms with Gasteiger partial charge in [0.25, 0.3) is 0 Å². The van der Waals surface area contributed by atoms with Gasteiger partial charge in [0.1, 0.15) is 13.2 Å². The second kappa shape index (κ2) is 36.7. The number of allylic oxidation sites excluding steroid dienone is 11. The van der Waals surface area contributed by atoms with E-state index < -0.39 is 12.1 Å². The van der Waals surface area contributed by atoms with Gasteiger partial charge in [-0.25, -0.2) is 0 Å². The lowest BCUT2D eigenvalue weighted by Gasteiger charge is -2.18. The fourth-order valence-corrected chi connectivity index (χ4v) is 4.69. The van der Waals surface area contributed by atoms with Crippen molar-refractivity contribution in [3.63, 3.8) is 0 Å². The van der Waals surface area contributed by atoms with E-state index in [2.05, 4.69) is 81.5 Å². The van der Waals surface area contributed by atoms with Crippen LogP contribution in [-0.4, -0.2) is 37.2 Å². The van der Waals surface area contributed by atoms with Crippen LogP contribution in [0.2, 0.25) is 0 Å². The quantitative estimate of drug-likeness (QED) is 0.0307. The molecule has 0 saturated heterocycles. The van der Waals surface area contributed by atoms with Gasteiger partial charge in [0.2, 0.25) is 0 Å². The maximum absolute atomic E-state index is 12.5. The van der Waals surface area contributed by atoms with E-state index in [4.69, 9.17) is 14.2 Å². The molecule has 0 aromatic heterocycles. The summed E-state index contributed by atoms with van der Waals surface area (Å²) in [6.07, 6.45) is 43.6. The zero-order valence-electron chi connectivity index (χ0n) is 30.7. The van der Waals surface area contributed by atoms with Crippen molar-refractivity contribution in [2.45, 2.75) is 162 Å². The summed E-state index contributed by atoms with van der Waals surface area (Å²) in [6.45, 7) is 6.20. The smallest absolute Gasteiger partial charge is 0.310 e. The minimum Gasteiger partial charge on any atom is -0.462 e. The van der Waals surface area contributed by atoms with E-state index in [1.54, 1.807) is 6.08 Å². The average molecular weight is 669 g/mol. The maximum atomic E-state index is 12.5. The van der Waals surface area contributed by atoms with E-state index >= 15 is 0 Å². The van der Waals surface area contributed by atoms with Crippen LogP contribution in [0.15, 0.2) is 72.9 Å². The summed E-state index contributed by atoms with van der Waals surface area (Å²) < 4.78 is 16.4. The van der Waals surface area contributed by atoms with Gasteiger partial charge in [-0.3, -0.25) is 14.4 Å². The Morgan fingerprint density at radius 3 is 1.38 bits per heavy atom. The van der Waals surface area contributed by atoms with Gasteiger partial charge in [0.15, 0.2) is 6.10 Å². The highest BCUT2D eigenvalue weighted by Gasteiger charge is 2.19. The van der Waals surface area contributed by atoms with E-state index in [1.165, 1.54) is 38.5 Å². The standard InChI is InChI=1S/C42H68O6/c1-4-7-10-13-16-19-20-21-24-26-29-32-35-41(44)47-38-39(48-42(45)36-33-30-27-23-18-15-12-9-6-3)37-46-40(43)34-31-28-25-22-17-14-11-8-5-2/h7,9-10,12,16,18-19,21,23-24,30,33,39H,4-6,8,11,13-15,17,20,22,25-29,31-32,34-38H2,1-3H3/b10-7-,12-9-,19-16-,23-18-,24-21-,33-30-. The molecule has 1 atom stereocenters. The van der Waals surface area contributed by atoms with Gasteiger partial charge in [-0.05, 0) is 64.2 Å². The number of hydrogen-bond acceptors (Lipinski definition) is 6. The summed E-state index contributed by atoms with van der Waals surface area (Å²) in [5.74, 6) is -1.11. The third-order valence-electron chi connectivity index (χ3n) is 7.49. The van der Waals surface area contributed by atoms with Gasteiger partial charge in [0, 0.05) is 12.8 Å². The lowest BCUT2D eigenvalue weighted by molar-refractivity contribution is -0.166. The van der Waals surface area contributed by atoms with Crippen LogP contribution in [-0.2, 0) is 28.6 Å². The zero-order valence-corrected chi connectivity index (χ0v) is 30.7. The molecule has 0 rings (SSSR count). The number of rotatable bonds is 32. The first-order valence-electron chi connectivity index (χ1n) is 18.9. The molecule has 0 amide bonds. The lowest BCUT2D eigenvalue weighted by atomic mass is 10.1. The van der Waals surface area contributed by atoms with E-state index in [1.807, 2.05) is 6.08 Å². The fraction of sp³-hybridized carbons (Fsp3) is 0.643. The topological polar surface area (TPSA) is 78.9 Å². The summed E-state index contributed by atoms with van der Waals surface area (Å²) in [4.78, 5) is 37.3. The predicted octanol–water partition coefficient (Wildman–Crippen LogP) is 11.6. The molecule has 0 N–H and O–H groups in total. The van der Waals surface area contributed by atoms with Crippen LogP contribution >= 0.6 is 0 Å².